The predicted molar refractivity (Wildman–Crippen MR) is 98.7 cm³/mol. The molecule has 2 fully saturated rings. The second-order valence-corrected chi connectivity index (χ2v) is 7.40. The number of carboxylic acid groups (broad SMARTS) is 1. The first-order valence-corrected chi connectivity index (χ1v) is 9.49. The van der Waals surface area contributed by atoms with E-state index in [1.54, 1.807) is 23.1 Å². The lowest BCUT2D eigenvalue weighted by Gasteiger charge is -2.44. The zero-order chi connectivity index (χ0) is 20.6. The van der Waals surface area contributed by atoms with Gasteiger partial charge >= 0.3 is 0 Å². The summed E-state index contributed by atoms with van der Waals surface area (Å²) in [5, 5.41) is 11.6. The molecule has 0 radical (unpaired) electrons. The van der Waals surface area contributed by atoms with Crippen LogP contribution in [-0.2, 0) is 9.53 Å². The topological polar surface area (TPSA) is 103 Å². The predicted octanol–water partition coefficient (Wildman–Crippen LogP) is 0.811. The third-order valence-corrected chi connectivity index (χ3v) is 5.61. The fourth-order valence-electron chi connectivity index (χ4n) is 4.00. The Morgan fingerprint density at radius 2 is 1.76 bits per heavy atom. The fraction of sp³-hybridized carbons (Fsp3) is 0.381. The molecule has 3 heterocycles. The molecule has 4 rings (SSSR count). The Morgan fingerprint density at radius 1 is 1.07 bits per heavy atom. The van der Waals surface area contributed by atoms with Gasteiger partial charge in [0.15, 0.2) is 5.76 Å². The Hall–Kier alpha value is -3.13. The van der Waals surface area contributed by atoms with Gasteiger partial charge in [0.05, 0.1) is 24.9 Å². The molecular weight excluding hydrogens is 376 g/mol. The summed E-state index contributed by atoms with van der Waals surface area (Å²) in [5.41, 5.74) is 0.562. The summed E-state index contributed by atoms with van der Waals surface area (Å²) in [6.45, 7) is 2.48. The van der Waals surface area contributed by atoms with E-state index >= 15 is 0 Å². The van der Waals surface area contributed by atoms with Crippen molar-refractivity contribution in [1.82, 2.24) is 9.80 Å². The zero-order valence-corrected chi connectivity index (χ0v) is 16.0. The second kappa shape index (κ2) is 7.36. The summed E-state index contributed by atoms with van der Waals surface area (Å²) < 4.78 is 11.0. The number of nitrogens with zero attached hydrogens (tertiary/aromatic N) is 2. The minimum absolute atomic E-state index is 0.0410. The van der Waals surface area contributed by atoms with Crippen LogP contribution in [0.25, 0.3) is 0 Å². The number of rotatable bonds is 3. The van der Waals surface area contributed by atoms with Crippen LogP contribution in [0.5, 0.6) is 0 Å². The first-order chi connectivity index (χ1) is 13.9. The van der Waals surface area contributed by atoms with Gasteiger partial charge < -0.3 is 24.0 Å². The quantitative estimate of drug-likeness (QED) is 0.759. The SMILES string of the molecule is Cc1ccc(C(=O)N2CCC3(CC2)OC[C@@H](C(=O)[O-])N3C(=O)c2ccco2)cc1. The lowest BCUT2D eigenvalue weighted by molar-refractivity contribution is -0.310. The molecule has 1 aromatic carbocycles. The number of aryl methyl sites for hydroxylation is 1. The molecule has 8 heteroatoms. The van der Waals surface area contributed by atoms with Crippen molar-refractivity contribution in [2.45, 2.75) is 31.5 Å². The maximum atomic E-state index is 12.9. The van der Waals surface area contributed by atoms with Crippen LogP contribution in [0.3, 0.4) is 0 Å². The number of carbonyl (C=O) groups is 3. The number of hydrogen-bond acceptors (Lipinski definition) is 6. The minimum atomic E-state index is -1.38. The molecule has 2 amide bonds. The van der Waals surface area contributed by atoms with E-state index < -0.39 is 23.6 Å². The third-order valence-electron chi connectivity index (χ3n) is 5.61. The van der Waals surface area contributed by atoms with Crippen molar-refractivity contribution in [1.29, 1.82) is 0 Å². The molecule has 8 nitrogen and oxygen atoms in total. The Morgan fingerprint density at radius 3 is 2.34 bits per heavy atom. The molecule has 29 heavy (non-hydrogen) atoms. The van der Waals surface area contributed by atoms with Crippen LogP contribution < -0.4 is 5.11 Å². The number of furan rings is 1. The number of hydrogen-bond donors (Lipinski definition) is 0. The summed E-state index contributed by atoms with van der Waals surface area (Å²) in [4.78, 5) is 40.2. The van der Waals surface area contributed by atoms with E-state index in [9.17, 15) is 19.5 Å². The highest BCUT2D eigenvalue weighted by atomic mass is 16.5. The highest BCUT2D eigenvalue weighted by Crippen LogP contribution is 2.38. The Balaban J connectivity index is 1.53. The van der Waals surface area contributed by atoms with Crippen LogP contribution in [0.1, 0.15) is 39.3 Å². The van der Waals surface area contributed by atoms with Gasteiger partial charge in [-0.2, -0.15) is 0 Å². The van der Waals surface area contributed by atoms with Gasteiger partial charge in [-0.15, -0.1) is 0 Å². The van der Waals surface area contributed by atoms with Gasteiger partial charge in [-0.05, 0) is 31.2 Å². The number of piperidine rings is 1. The van der Waals surface area contributed by atoms with Gasteiger partial charge in [-0.25, -0.2) is 0 Å². The largest absolute Gasteiger partial charge is 0.548 e. The lowest BCUT2D eigenvalue weighted by atomic mass is 9.96. The van der Waals surface area contributed by atoms with Crippen LogP contribution >= 0.6 is 0 Å². The van der Waals surface area contributed by atoms with Crippen molar-refractivity contribution in [3.05, 3.63) is 59.5 Å². The monoisotopic (exact) mass is 397 g/mol. The van der Waals surface area contributed by atoms with Gasteiger partial charge in [0.25, 0.3) is 11.8 Å². The summed E-state index contributed by atoms with van der Waals surface area (Å²) in [7, 11) is 0. The Kier molecular flexibility index (Phi) is 4.87. The van der Waals surface area contributed by atoms with E-state index in [4.69, 9.17) is 9.15 Å². The molecule has 2 saturated heterocycles. The first kappa shape index (κ1) is 19.2. The molecule has 2 aliphatic rings. The van der Waals surface area contributed by atoms with Gasteiger partial charge in [0, 0.05) is 31.5 Å². The van der Waals surface area contributed by atoms with Crippen molar-refractivity contribution in [2.24, 2.45) is 0 Å². The zero-order valence-electron chi connectivity index (χ0n) is 16.0. The van der Waals surface area contributed by atoms with Gasteiger partial charge in [0.2, 0.25) is 0 Å². The summed E-state index contributed by atoms with van der Waals surface area (Å²) in [6.07, 6.45) is 1.97. The van der Waals surface area contributed by atoms with Crippen molar-refractivity contribution < 1.29 is 28.6 Å². The van der Waals surface area contributed by atoms with E-state index in [0.717, 1.165) is 5.56 Å². The standard InChI is InChI=1S/C21H22N2O6/c1-14-4-6-15(7-5-14)18(24)22-10-8-21(9-11-22)23(16(13-29-21)20(26)27)19(25)17-3-2-12-28-17/h2-7,12,16H,8-11,13H2,1H3,(H,26,27)/p-1/t16-/m0/s1. The van der Waals surface area contributed by atoms with Crippen LogP contribution in [0, 0.1) is 6.92 Å². The smallest absolute Gasteiger partial charge is 0.292 e. The first-order valence-electron chi connectivity index (χ1n) is 9.49. The van der Waals surface area contributed by atoms with Gasteiger partial charge in [0.1, 0.15) is 5.72 Å². The summed E-state index contributed by atoms with van der Waals surface area (Å²) in [5.74, 6) is -1.99. The molecule has 0 N–H and O–H groups in total. The molecule has 152 valence electrons. The number of carboxylic acids is 1. The lowest BCUT2D eigenvalue weighted by Crippen LogP contribution is -2.60. The average molecular weight is 397 g/mol. The summed E-state index contributed by atoms with van der Waals surface area (Å²) in [6, 6.07) is 9.18. The number of likely N-dealkylation sites (tertiary alicyclic amines) is 1. The molecule has 0 unspecified atom stereocenters. The maximum absolute atomic E-state index is 12.9. The van der Waals surface area contributed by atoms with Crippen molar-refractivity contribution in [2.75, 3.05) is 19.7 Å². The second-order valence-electron chi connectivity index (χ2n) is 7.40. The van der Waals surface area contributed by atoms with E-state index in [1.807, 2.05) is 19.1 Å². The molecule has 0 aliphatic carbocycles. The van der Waals surface area contributed by atoms with E-state index in [-0.39, 0.29) is 18.3 Å². The maximum Gasteiger partial charge on any atom is 0.292 e. The Labute approximate surface area is 167 Å². The van der Waals surface area contributed by atoms with Gasteiger partial charge in [-0.1, -0.05) is 17.7 Å². The highest BCUT2D eigenvalue weighted by Gasteiger charge is 2.53. The van der Waals surface area contributed by atoms with E-state index in [1.165, 1.54) is 17.2 Å². The molecule has 1 spiro atoms. The van der Waals surface area contributed by atoms with Crippen molar-refractivity contribution in [3.63, 3.8) is 0 Å². The molecule has 1 atom stereocenters. The Bertz CT molecular complexity index is 913. The summed E-state index contributed by atoms with van der Waals surface area (Å²) >= 11 is 0. The molecule has 1 aromatic heterocycles. The van der Waals surface area contributed by atoms with E-state index in [0.29, 0.717) is 31.5 Å². The number of carbonyl (C=O) groups excluding carboxylic acids is 3. The normalized spacial score (nSPS) is 20.8. The van der Waals surface area contributed by atoms with Crippen LogP contribution in [0.15, 0.2) is 47.1 Å². The van der Waals surface area contributed by atoms with Gasteiger partial charge in [-0.3, -0.25) is 14.5 Å². The number of benzene rings is 1. The van der Waals surface area contributed by atoms with E-state index in [2.05, 4.69) is 0 Å². The average Bonchev–Trinajstić information content (AvgIpc) is 3.37. The number of ether oxygens (including phenoxy) is 1. The van der Waals surface area contributed by atoms with Crippen LogP contribution in [0.2, 0.25) is 0 Å². The molecular formula is C21H21N2O6-. The molecule has 2 aromatic rings. The molecule has 2 aliphatic heterocycles. The molecule has 0 bridgehead atoms. The minimum Gasteiger partial charge on any atom is -0.548 e. The van der Waals surface area contributed by atoms with Crippen molar-refractivity contribution in [3.8, 4) is 0 Å². The highest BCUT2D eigenvalue weighted by molar-refractivity contribution is 5.95. The van der Waals surface area contributed by atoms with Crippen LogP contribution in [-0.4, -0.2) is 59.0 Å². The molecule has 0 saturated carbocycles. The van der Waals surface area contributed by atoms with Crippen LogP contribution in [0.4, 0.5) is 0 Å². The number of aliphatic carboxylic acids is 1. The fourth-order valence-corrected chi connectivity index (χ4v) is 4.00. The number of amides is 2. The van der Waals surface area contributed by atoms with Crippen molar-refractivity contribution >= 4 is 17.8 Å². The third kappa shape index (κ3) is 3.40.